The third-order valence-corrected chi connectivity index (χ3v) is 7.90. The van der Waals surface area contributed by atoms with E-state index in [0.29, 0.717) is 31.1 Å². The third kappa shape index (κ3) is 8.26. The van der Waals surface area contributed by atoms with E-state index in [9.17, 15) is 14.7 Å². The number of nitrogens with zero attached hydrogens (tertiary/aromatic N) is 2. The second-order valence-corrected chi connectivity index (χ2v) is 10.8. The molecule has 3 aromatic carbocycles. The van der Waals surface area contributed by atoms with Crippen molar-refractivity contribution in [2.75, 3.05) is 32.8 Å². The second kappa shape index (κ2) is 15.9. The van der Waals surface area contributed by atoms with Crippen LogP contribution >= 0.6 is 0 Å². The molecule has 1 saturated heterocycles. The van der Waals surface area contributed by atoms with Crippen LogP contribution in [0.25, 0.3) is 5.76 Å². The Hall–Kier alpha value is -4.10. The number of carbonyl (C=O) groups is 2. The number of unbranched alkanes of at least 4 members (excludes halogenated alkanes) is 2. The molecule has 0 bridgehead atoms. The first-order valence-corrected chi connectivity index (χ1v) is 15.5. The Morgan fingerprint density at radius 3 is 2.12 bits per heavy atom. The minimum absolute atomic E-state index is 0.0995. The van der Waals surface area contributed by atoms with Crippen LogP contribution in [0.15, 0.2) is 84.4 Å². The van der Waals surface area contributed by atoms with Gasteiger partial charge in [-0.05, 0) is 80.0 Å². The fourth-order valence-electron chi connectivity index (χ4n) is 5.36. The van der Waals surface area contributed by atoms with Gasteiger partial charge in [-0.2, -0.15) is 0 Å². The van der Waals surface area contributed by atoms with Crippen molar-refractivity contribution in [3.05, 3.63) is 101 Å². The van der Waals surface area contributed by atoms with Crippen LogP contribution in [0.3, 0.4) is 0 Å². The zero-order valence-corrected chi connectivity index (χ0v) is 25.6. The molecule has 1 N–H and O–H groups in total. The lowest BCUT2D eigenvalue weighted by molar-refractivity contribution is -0.140. The number of aliphatic hydroxyl groups is 1. The molecule has 1 aliphatic rings. The summed E-state index contributed by atoms with van der Waals surface area (Å²) in [6.45, 7) is 10.5. The Balaban J connectivity index is 1.59. The molecule has 1 heterocycles. The number of carbonyl (C=O) groups excluding carboxylic acids is 2. The van der Waals surface area contributed by atoms with Crippen LogP contribution in [0.1, 0.15) is 69.2 Å². The number of benzene rings is 3. The molecule has 0 saturated carbocycles. The van der Waals surface area contributed by atoms with Crippen molar-refractivity contribution in [2.45, 2.75) is 59.1 Å². The molecule has 1 atom stereocenters. The van der Waals surface area contributed by atoms with Crippen LogP contribution in [0.2, 0.25) is 0 Å². The van der Waals surface area contributed by atoms with E-state index in [4.69, 9.17) is 9.47 Å². The number of likely N-dealkylation sites (tertiary alicyclic amines) is 1. The van der Waals surface area contributed by atoms with Crippen molar-refractivity contribution in [2.24, 2.45) is 0 Å². The van der Waals surface area contributed by atoms with Gasteiger partial charge in [0.1, 0.15) is 23.9 Å². The summed E-state index contributed by atoms with van der Waals surface area (Å²) in [6, 6.07) is 23.6. The van der Waals surface area contributed by atoms with Gasteiger partial charge >= 0.3 is 0 Å². The number of aliphatic hydroxyl groups excluding tert-OH is 1. The average molecular weight is 585 g/mol. The number of rotatable bonds is 16. The van der Waals surface area contributed by atoms with E-state index in [-0.39, 0.29) is 11.3 Å². The van der Waals surface area contributed by atoms with Crippen molar-refractivity contribution in [1.82, 2.24) is 9.80 Å². The summed E-state index contributed by atoms with van der Waals surface area (Å²) in [7, 11) is 0. The molecule has 7 nitrogen and oxygen atoms in total. The van der Waals surface area contributed by atoms with Crippen molar-refractivity contribution in [3.8, 4) is 11.5 Å². The molecule has 4 rings (SSSR count). The summed E-state index contributed by atoms with van der Waals surface area (Å²) >= 11 is 0. The SMILES string of the molecule is CCCCCOc1ccc(C2/C(=C(/O)c3ccc(OCc4ccccc4)cc3)C(=O)C(=O)N2CCCN(CC)CC)cc1. The van der Waals surface area contributed by atoms with E-state index in [1.807, 2.05) is 54.6 Å². The van der Waals surface area contributed by atoms with Gasteiger partial charge in [-0.15, -0.1) is 0 Å². The minimum Gasteiger partial charge on any atom is -0.507 e. The Labute approximate surface area is 255 Å². The monoisotopic (exact) mass is 584 g/mol. The molecular formula is C36H44N2O5. The highest BCUT2D eigenvalue weighted by atomic mass is 16.5. The molecule has 1 fully saturated rings. The topological polar surface area (TPSA) is 79.3 Å². The molecule has 43 heavy (non-hydrogen) atoms. The molecule has 1 amide bonds. The van der Waals surface area contributed by atoms with Gasteiger partial charge in [-0.25, -0.2) is 0 Å². The standard InChI is InChI=1S/C36H44N2O5/c1-4-7-11-25-42-30-19-15-28(16-20-30)33-32(35(40)36(41)38(33)24-12-23-37(5-2)6-3)34(39)29-17-21-31(22-18-29)43-26-27-13-9-8-10-14-27/h8-10,13-22,33,39H,4-7,11-12,23-26H2,1-3H3/b34-32-. The number of ether oxygens (including phenoxy) is 2. The van der Waals surface area contributed by atoms with E-state index in [2.05, 4.69) is 25.7 Å². The fraction of sp³-hybridized carbons (Fsp3) is 0.389. The first-order chi connectivity index (χ1) is 21.0. The Morgan fingerprint density at radius 2 is 1.47 bits per heavy atom. The number of Topliss-reactive ketones (excluding diaryl/α,β-unsaturated/α-hetero) is 1. The normalized spacial score (nSPS) is 16.2. The van der Waals surface area contributed by atoms with Crippen LogP contribution < -0.4 is 9.47 Å². The summed E-state index contributed by atoms with van der Waals surface area (Å²) in [5, 5.41) is 11.5. The predicted octanol–water partition coefficient (Wildman–Crippen LogP) is 6.99. The van der Waals surface area contributed by atoms with E-state index in [1.54, 1.807) is 29.2 Å². The number of amides is 1. The van der Waals surface area contributed by atoms with E-state index >= 15 is 0 Å². The van der Waals surface area contributed by atoms with Gasteiger partial charge in [0.05, 0.1) is 18.2 Å². The fourth-order valence-corrected chi connectivity index (χ4v) is 5.36. The van der Waals surface area contributed by atoms with Crippen molar-refractivity contribution < 1.29 is 24.2 Å². The zero-order chi connectivity index (χ0) is 30.6. The van der Waals surface area contributed by atoms with Crippen molar-refractivity contribution in [3.63, 3.8) is 0 Å². The summed E-state index contributed by atoms with van der Waals surface area (Å²) in [5.74, 6) is -0.0692. The first-order valence-electron chi connectivity index (χ1n) is 15.5. The first kappa shape index (κ1) is 31.8. The minimum atomic E-state index is -0.695. The maximum Gasteiger partial charge on any atom is 0.295 e. The van der Waals surface area contributed by atoms with Crippen LogP contribution in [0, 0.1) is 0 Å². The number of hydrogen-bond donors (Lipinski definition) is 1. The zero-order valence-electron chi connectivity index (χ0n) is 25.6. The lowest BCUT2D eigenvalue weighted by Gasteiger charge is -2.27. The van der Waals surface area contributed by atoms with Gasteiger partial charge in [0, 0.05) is 12.1 Å². The average Bonchev–Trinajstić information content (AvgIpc) is 3.30. The molecule has 228 valence electrons. The third-order valence-electron chi connectivity index (χ3n) is 7.90. The highest BCUT2D eigenvalue weighted by Gasteiger charge is 2.45. The highest BCUT2D eigenvalue weighted by Crippen LogP contribution is 2.40. The van der Waals surface area contributed by atoms with E-state index in [0.717, 1.165) is 62.2 Å². The largest absolute Gasteiger partial charge is 0.507 e. The van der Waals surface area contributed by atoms with Gasteiger partial charge in [-0.1, -0.05) is 76.1 Å². The Bertz CT molecular complexity index is 1350. The van der Waals surface area contributed by atoms with Crippen molar-refractivity contribution >= 4 is 17.4 Å². The quantitative estimate of drug-likeness (QED) is 0.0846. The van der Waals surface area contributed by atoms with Crippen LogP contribution in [-0.2, 0) is 16.2 Å². The molecule has 1 aliphatic heterocycles. The number of ketones is 1. The summed E-state index contributed by atoms with van der Waals surface area (Å²) in [4.78, 5) is 30.7. The lowest BCUT2D eigenvalue weighted by atomic mass is 9.95. The second-order valence-electron chi connectivity index (χ2n) is 10.8. The predicted molar refractivity (Wildman–Crippen MR) is 170 cm³/mol. The van der Waals surface area contributed by atoms with Crippen LogP contribution in [-0.4, -0.2) is 59.4 Å². The van der Waals surface area contributed by atoms with Crippen LogP contribution in [0.4, 0.5) is 0 Å². The van der Waals surface area contributed by atoms with Gasteiger partial charge in [0.15, 0.2) is 0 Å². The summed E-state index contributed by atoms with van der Waals surface area (Å²) in [6.07, 6.45) is 3.94. The highest BCUT2D eigenvalue weighted by molar-refractivity contribution is 6.46. The molecule has 7 heteroatoms. The van der Waals surface area contributed by atoms with Gasteiger partial charge in [0.2, 0.25) is 0 Å². The van der Waals surface area contributed by atoms with Crippen LogP contribution in [0.5, 0.6) is 11.5 Å². The maximum atomic E-state index is 13.5. The smallest absolute Gasteiger partial charge is 0.295 e. The molecular weight excluding hydrogens is 540 g/mol. The number of hydrogen-bond acceptors (Lipinski definition) is 6. The summed E-state index contributed by atoms with van der Waals surface area (Å²) < 4.78 is 11.8. The molecule has 1 unspecified atom stereocenters. The molecule has 0 spiro atoms. The van der Waals surface area contributed by atoms with Crippen molar-refractivity contribution in [1.29, 1.82) is 0 Å². The molecule has 0 aromatic heterocycles. The Kier molecular flexibility index (Phi) is 11.8. The Morgan fingerprint density at radius 1 is 0.814 bits per heavy atom. The van der Waals surface area contributed by atoms with Gasteiger partial charge < -0.3 is 24.4 Å². The molecule has 0 radical (unpaired) electrons. The van der Waals surface area contributed by atoms with E-state index in [1.165, 1.54) is 0 Å². The summed E-state index contributed by atoms with van der Waals surface area (Å²) in [5.41, 5.74) is 2.36. The van der Waals surface area contributed by atoms with Gasteiger partial charge in [0.25, 0.3) is 11.7 Å². The van der Waals surface area contributed by atoms with Gasteiger partial charge in [-0.3, -0.25) is 9.59 Å². The molecule has 0 aliphatic carbocycles. The lowest BCUT2D eigenvalue weighted by Crippen LogP contribution is -2.33. The maximum absolute atomic E-state index is 13.5. The van der Waals surface area contributed by atoms with E-state index < -0.39 is 17.7 Å². The molecule has 3 aromatic rings.